The molecule has 5 rings (SSSR count). The Bertz CT molecular complexity index is 1050. The van der Waals surface area contributed by atoms with Crippen LogP contribution in [0.15, 0.2) is 18.2 Å². The molecule has 11 heteroatoms. The highest BCUT2D eigenvalue weighted by atomic mass is 19.4. The minimum absolute atomic E-state index is 0.0651. The standard InChI is InChI=1S/C18H18F3N7O/c19-18(20,21)17-25-23-14-4-5-15(26-28(14)17)27-7-6-11(9-27)10-29-16-8-12-2-1-3-13(12)22-24-16/h4-5,8,11H,1-3,6-7,9-10H2. The van der Waals surface area contributed by atoms with E-state index < -0.39 is 12.0 Å². The van der Waals surface area contributed by atoms with Crippen LogP contribution in [-0.2, 0) is 19.0 Å². The van der Waals surface area contributed by atoms with Crippen molar-refractivity contribution in [2.24, 2.45) is 5.92 Å². The molecule has 0 aromatic carbocycles. The van der Waals surface area contributed by atoms with Gasteiger partial charge in [-0.3, -0.25) is 0 Å². The average Bonchev–Trinajstić information content (AvgIpc) is 3.43. The van der Waals surface area contributed by atoms with E-state index in [1.807, 2.05) is 11.0 Å². The van der Waals surface area contributed by atoms with Gasteiger partial charge < -0.3 is 9.64 Å². The molecule has 1 fully saturated rings. The molecule has 4 heterocycles. The zero-order chi connectivity index (χ0) is 20.0. The van der Waals surface area contributed by atoms with Gasteiger partial charge in [0.15, 0.2) is 5.65 Å². The first-order valence-corrected chi connectivity index (χ1v) is 9.50. The van der Waals surface area contributed by atoms with Crippen LogP contribution in [-0.4, -0.2) is 49.7 Å². The van der Waals surface area contributed by atoms with E-state index in [0.717, 1.165) is 35.9 Å². The summed E-state index contributed by atoms with van der Waals surface area (Å²) in [7, 11) is 0. The molecule has 3 aromatic heterocycles. The summed E-state index contributed by atoms with van der Waals surface area (Å²) in [5.41, 5.74) is 2.32. The molecule has 1 unspecified atom stereocenters. The fraction of sp³-hybridized carbons (Fsp3) is 0.500. The van der Waals surface area contributed by atoms with Gasteiger partial charge in [0.25, 0.3) is 5.82 Å². The number of aryl methyl sites for hydroxylation is 2. The number of nitrogens with zero attached hydrogens (tertiary/aromatic N) is 7. The topological polar surface area (TPSA) is 81.3 Å². The van der Waals surface area contributed by atoms with E-state index in [4.69, 9.17) is 4.74 Å². The van der Waals surface area contributed by atoms with Gasteiger partial charge in [-0.2, -0.15) is 22.8 Å². The van der Waals surface area contributed by atoms with Gasteiger partial charge in [0.05, 0.1) is 12.3 Å². The van der Waals surface area contributed by atoms with Crippen molar-refractivity contribution in [2.75, 3.05) is 24.6 Å². The minimum Gasteiger partial charge on any atom is -0.476 e. The van der Waals surface area contributed by atoms with E-state index in [1.54, 1.807) is 6.07 Å². The van der Waals surface area contributed by atoms with E-state index in [1.165, 1.54) is 11.6 Å². The Balaban J connectivity index is 1.26. The zero-order valence-electron chi connectivity index (χ0n) is 15.4. The SMILES string of the molecule is FC(F)(F)c1nnc2ccc(N3CCC(COc4cc5c(nn4)CCC5)C3)nn12. The lowest BCUT2D eigenvalue weighted by Crippen LogP contribution is -2.24. The summed E-state index contributed by atoms with van der Waals surface area (Å²) in [5.74, 6) is 0.0970. The van der Waals surface area contributed by atoms with Crippen molar-refractivity contribution in [3.05, 3.63) is 35.3 Å². The fourth-order valence-corrected chi connectivity index (χ4v) is 3.88. The van der Waals surface area contributed by atoms with Crippen molar-refractivity contribution in [1.29, 1.82) is 0 Å². The fourth-order valence-electron chi connectivity index (χ4n) is 3.88. The summed E-state index contributed by atoms with van der Waals surface area (Å²) < 4.78 is 45.8. The molecular weight excluding hydrogens is 387 g/mol. The Morgan fingerprint density at radius 3 is 2.86 bits per heavy atom. The molecule has 0 N–H and O–H groups in total. The van der Waals surface area contributed by atoms with Crippen molar-refractivity contribution in [3.63, 3.8) is 0 Å². The van der Waals surface area contributed by atoms with Crippen molar-refractivity contribution in [2.45, 2.75) is 31.9 Å². The van der Waals surface area contributed by atoms with Gasteiger partial charge in [-0.15, -0.1) is 20.4 Å². The monoisotopic (exact) mass is 405 g/mol. The van der Waals surface area contributed by atoms with Gasteiger partial charge in [0.1, 0.15) is 5.82 Å². The van der Waals surface area contributed by atoms with Crippen LogP contribution in [0.1, 0.15) is 29.9 Å². The highest BCUT2D eigenvalue weighted by Gasteiger charge is 2.38. The van der Waals surface area contributed by atoms with E-state index >= 15 is 0 Å². The van der Waals surface area contributed by atoms with Gasteiger partial charge >= 0.3 is 6.18 Å². The predicted molar refractivity (Wildman–Crippen MR) is 95.7 cm³/mol. The minimum atomic E-state index is -4.61. The first-order chi connectivity index (χ1) is 14.0. The second kappa shape index (κ2) is 6.82. The molecule has 0 amide bonds. The zero-order valence-corrected chi connectivity index (χ0v) is 15.4. The normalized spacial score (nSPS) is 19.1. The molecule has 0 spiro atoms. The van der Waals surface area contributed by atoms with E-state index in [9.17, 15) is 13.2 Å². The second-order valence-electron chi connectivity index (χ2n) is 7.40. The molecule has 0 saturated carbocycles. The molecule has 152 valence electrons. The molecule has 3 aromatic rings. The number of fused-ring (bicyclic) bond motifs is 2. The average molecular weight is 405 g/mol. The van der Waals surface area contributed by atoms with Gasteiger partial charge in [-0.1, -0.05) is 0 Å². The van der Waals surface area contributed by atoms with Crippen molar-refractivity contribution >= 4 is 11.5 Å². The molecule has 0 bridgehead atoms. The molecule has 1 aliphatic carbocycles. The van der Waals surface area contributed by atoms with Gasteiger partial charge in [0, 0.05) is 25.1 Å². The quantitative estimate of drug-likeness (QED) is 0.659. The molecule has 2 aliphatic rings. The Labute approximate surface area is 163 Å². The van der Waals surface area contributed by atoms with Crippen LogP contribution in [0.5, 0.6) is 5.88 Å². The first-order valence-electron chi connectivity index (χ1n) is 9.50. The highest BCUT2D eigenvalue weighted by Crippen LogP contribution is 2.29. The molecule has 29 heavy (non-hydrogen) atoms. The van der Waals surface area contributed by atoms with Crippen LogP contribution < -0.4 is 9.64 Å². The summed E-state index contributed by atoms with van der Waals surface area (Å²) in [6, 6.07) is 5.12. The Hall–Kier alpha value is -2.98. The number of aromatic nitrogens is 6. The van der Waals surface area contributed by atoms with E-state index in [-0.39, 0.29) is 11.6 Å². The number of anilines is 1. The summed E-state index contributed by atoms with van der Waals surface area (Å²) in [6.45, 7) is 1.80. The Morgan fingerprint density at radius 1 is 1.10 bits per heavy atom. The lowest BCUT2D eigenvalue weighted by molar-refractivity contribution is -0.146. The maximum Gasteiger partial charge on any atom is 0.453 e. The molecular formula is C18H18F3N7O. The van der Waals surface area contributed by atoms with Crippen molar-refractivity contribution in [1.82, 2.24) is 30.0 Å². The molecule has 1 atom stereocenters. The summed E-state index contributed by atoms with van der Waals surface area (Å²) in [5, 5.41) is 19.2. The van der Waals surface area contributed by atoms with Gasteiger partial charge in [-0.05, 0) is 43.4 Å². The lowest BCUT2D eigenvalue weighted by Gasteiger charge is -2.17. The van der Waals surface area contributed by atoms with Crippen LogP contribution >= 0.6 is 0 Å². The highest BCUT2D eigenvalue weighted by molar-refractivity contribution is 5.46. The smallest absolute Gasteiger partial charge is 0.453 e. The molecule has 8 nitrogen and oxygen atoms in total. The number of hydrogen-bond donors (Lipinski definition) is 0. The number of ether oxygens (including phenoxy) is 1. The largest absolute Gasteiger partial charge is 0.476 e. The Morgan fingerprint density at radius 2 is 2.00 bits per heavy atom. The van der Waals surface area contributed by atoms with Crippen LogP contribution in [0.3, 0.4) is 0 Å². The number of halogens is 3. The summed E-state index contributed by atoms with van der Waals surface area (Å²) in [4.78, 5) is 1.95. The van der Waals surface area contributed by atoms with Crippen LogP contribution in [0, 0.1) is 5.92 Å². The third-order valence-electron chi connectivity index (χ3n) is 5.38. The van der Waals surface area contributed by atoms with Crippen LogP contribution in [0.2, 0.25) is 0 Å². The summed E-state index contributed by atoms with van der Waals surface area (Å²) in [6.07, 6.45) is -0.670. The lowest BCUT2D eigenvalue weighted by atomic mass is 10.1. The third kappa shape index (κ3) is 3.45. The van der Waals surface area contributed by atoms with Crippen molar-refractivity contribution in [3.8, 4) is 5.88 Å². The van der Waals surface area contributed by atoms with Gasteiger partial charge in [0.2, 0.25) is 5.88 Å². The third-order valence-corrected chi connectivity index (χ3v) is 5.38. The number of alkyl halides is 3. The van der Waals surface area contributed by atoms with E-state index in [2.05, 4.69) is 25.5 Å². The molecule has 0 radical (unpaired) electrons. The Kier molecular flexibility index (Phi) is 4.25. The number of rotatable bonds is 4. The number of hydrogen-bond acceptors (Lipinski definition) is 7. The second-order valence-corrected chi connectivity index (χ2v) is 7.40. The van der Waals surface area contributed by atoms with Gasteiger partial charge in [-0.25, -0.2) is 0 Å². The maximum atomic E-state index is 13.1. The predicted octanol–water partition coefficient (Wildman–Crippen LogP) is 2.33. The van der Waals surface area contributed by atoms with Crippen LogP contribution in [0.4, 0.5) is 19.0 Å². The van der Waals surface area contributed by atoms with Crippen molar-refractivity contribution < 1.29 is 17.9 Å². The summed E-state index contributed by atoms with van der Waals surface area (Å²) >= 11 is 0. The first kappa shape index (κ1) is 18.1. The molecule has 1 saturated heterocycles. The van der Waals surface area contributed by atoms with Crippen LogP contribution in [0.25, 0.3) is 5.65 Å². The maximum absolute atomic E-state index is 13.1. The van der Waals surface area contributed by atoms with E-state index in [0.29, 0.717) is 31.4 Å². The molecule has 1 aliphatic heterocycles.